The van der Waals surface area contributed by atoms with E-state index in [2.05, 4.69) is 25.5 Å². The molecule has 0 aromatic carbocycles. The molecular weight excluding hydrogens is 396 g/mol. The van der Waals surface area contributed by atoms with Crippen LogP contribution in [0.5, 0.6) is 0 Å². The largest absolute Gasteiger partial charge is 0.365 e. The first-order valence-corrected chi connectivity index (χ1v) is 9.79. The second-order valence-electron chi connectivity index (χ2n) is 7.17. The van der Waals surface area contributed by atoms with Gasteiger partial charge in [-0.2, -0.15) is 10.2 Å². The van der Waals surface area contributed by atoms with Gasteiger partial charge in [0, 0.05) is 42.9 Å². The Hall–Kier alpha value is -4.08. The minimum atomic E-state index is -0.569. The van der Waals surface area contributed by atoms with Crippen LogP contribution in [0.25, 0.3) is 11.5 Å². The number of hydrogen-bond acceptors (Lipinski definition) is 6. The molecule has 4 rings (SSSR count). The van der Waals surface area contributed by atoms with Gasteiger partial charge in [0.05, 0.1) is 6.20 Å². The fourth-order valence-electron chi connectivity index (χ4n) is 3.47. The average Bonchev–Trinajstić information content (AvgIpc) is 3.42. The summed E-state index contributed by atoms with van der Waals surface area (Å²) < 4.78 is 3.26. The highest BCUT2D eigenvalue weighted by Gasteiger charge is 2.17. The summed E-state index contributed by atoms with van der Waals surface area (Å²) in [5.41, 5.74) is 9.53. The van der Waals surface area contributed by atoms with Crippen LogP contribution in [0.4, 0.5) is 0 Å². The summed E-state index contributed by atoms with van der Waals surface area (Å²) in [5, 5.41) is 11.3. The van der Waals surface area contributed by atoms with Crippen molar-refractivity contribution in [2.45, 2.75) is 33.2 Å². The third-order valence-corrected chi connectivity index (χ3v) is 5.11. The molecule has 2 amide bonds. The number of amides is 2. The number of aryl methyl sites for hydroxylation is 2. The number of fused-ring (bicyclic) bond motifs is 1. The maximum absolute atomic E-state index is 12.4. The molecular formula is C21H22N8O2. The molecule has 10 nitrogen and oxygen atoms in total. The second kappa shape index (κ2) is 8.34. The van der Waals surface area contributed by atoms with Crippen molar-refractivity contribution in [2.75, 3.05) is 0 Å². The van der Waals surface area contributed by atoms with Gasteiger partial charge in [0.25, 0.3) is 5.91 Å². The molecule has 3 N–H and O–H groups in total. The number of aromatic nitrogens is 6. The Kier molecular flexibility index (Phi) is 5.44. The van der Waals surface area contributed by atoms with Crippen molar-refractivity contribution in [3.8, 4) is 5.82 Å². The number of nitrogens with one attached hydrogen (secondary N) is 1. The van der Waals surface area contributed by atoms with Gasteiger partial charge in [-0.3, -0.25) is 9.59 Å². The molecule has 158 valence electrons. The number of primary amides is 1. The van der Waals surface area contributed by atoms with E-state index in [9.17, 15) is 9.59 Å². The molecule has 0 unspecified atom stereocenters. The third kappa shape index (κ3) is 4.13. The first kappa shape index (κ1) is 20.2. The van der Waals surface area contributed by atoms with E-state index in [1.165, 1.54) is 6.20 Å². The Morgan fingerprint density at radius 2 is 2.03 bits per heavy atom. The van der Waals surface area contributed by atoms with E-state index in [1.54, 1.807) is 21.6 Å². The van der Waals surface area contributed by atoms with Crippen molar-refractivity contribution in [3.05, 3.63) is 71.1 Å². The number of nitrogens with zero attached hydrogens (tertiary/aromatic N) is 6. The van der Waals surface area contributed by atoms with Crippen LogP contribution < -0.4 is 11.1 Å². The van der Waals surface area contributed by atoms with Crippen LogP contribution in [0.2, 0.25) is 0 Å². The maximum atomic E-state index is 12.4. The number of hydrogen-bond donors (Lipinski definition) is 2. The molecule has 0 aliphatic rings. The number of carbonyl (C=O) groups excluding carboxylic acids is 2. The van der Waals surface area contributed by atoms with Crippen molar-refractivity contribution in [3.63, 3.8) is 0 Å². The number of carbonyl (C=O) groups is 2. The van der Waals surface area contributed by atoms with Crippen LogP contribution in [-0.4, -0.2) is 41.2 Å². The Morgan fingerprint density at radius 3 is 2.77 bits per heavy atom. The first-order chi connectivity index (χ1) is 14.9. The lowest BCUT2D eigenvalue weighted by Gasteiger charge is -2.12. The summed E-state index contributed by atoms with van der Waals surface area (Å²) in [6.07, 6.45) is 7.41. The van der Waals surface area contributed by atoms with Gasteiger partial charge in [-0.05, 0) is 49.6 Å². The SMILES string of the molecule is Cc1nc2c(C(N)=O)cnn2c(C)c1CCC(=O)NCc1ccnc(-n2cccn2)c1. The predicted molar refractivity (Wildman–Crippen MR) is 113 cm³/mol. The standard InChI is InChI=1S/C21H22N8O2/c1-13-16(14(2)29-21(27-13)17(12-26-29)20(22)31)4-5-19(30)24-11-15-6-8-23-18(10-15)28-9-3-7-25-28/h3,6-10,12H,4-5,11H2,1-2H3,(H2,22,31)(H,24,30). The number of nitrogens with two attached hydrogens (primary N) is 1. The van der Waals surface area contributed by atoms with Crippen LogP contribution in [0.3, 0.4) is 0 Å². The summed E-state index contributed by atoms with van der Waals surface area (Å²) >= 11 is 0. The topological polar surface area (TPSA) is 133 Å². The molecule has 0 aliphatic heterocycles. The lowest BCUT2D eigenvalue weighted by molar-refractivity contribution is -0.121. The smallest absolute Gasteiger partial charge is 0.254 e. The van der Waals surface area contributed by atoms with E-state index in [-0.39, 0.29) is 11.5 Å². The zero-order valence-electron chi connectivity index (χ0n) is 17.2. The highest BCUT2D eigenvalue weighted by Crippen LogP contribution is 2.18. The molecule has 31 heavy (non-hydrogen) atoms. The lowest BCUT2D eigenvalue weighted by Crippen LogP contribution is -2.23. The van der Waals surface area contributed by atoms with Gasteiger partial charge in [-0.1, -0.05) is 0 Å². The van der Waals surface area contributed by atoms with E-state index in [4.69, 9.17) is 5.73 Å². The van der Waals surface area contributed by atoms with Gasteiger partial charge < -0.3 is 11.1 Å². The summed E-state index contributed by atoms with van der Waals surface area (Å²) in [6, 6.07) is 5.56. The van der Waals surface area contributed by atoms with Crippen molar-refractivity contribution in [1.82, 2.24) is 34.7 Å². The minimum absolute atomic E-state index is 0.0744. The lowest BCUT2D eigenvalue weighted by atomic mass is 10.1. The van der Waals surface area contributed by atoms with E-state index >= 15 is 0 Å². The van der Waals surface area contributed by atoms with Crippen molar-refractivity contribution in [1.29, 1.82) is 0 Å². The van der Waals surface area contributed by atoms with Gasteiger partial charge >= 0.3 is 0 Å². The summed E-state index contributed by atoms with van der Waals surface area (Å²) in [4.78, 5) is 32.7. The van der Waals surface area contributed by atoms with Gasteiger partial charge in [-0.25, -0.2) is 19.2 Å². The molecule has 4 aromatic rings. The van der Waals surface area contributed by atoms with Gasteiger partial charge in [0.15, 0.2) is 11.5 Å². The van der Waals surface area contributed by atoms with Crippen LogP contribution in [-0.2, 0) is 17.8 Å². The molecule has 0 atom stereocenters. The monoisotopic (exact) mass is 418 g/mol. The fraction of sp³-hybridized carbons (Fsp3) is 0.238. The zero-order valence-corrected chi connectivity index (χ0v) is 17.2. The van der Waals surface area contributed by atoms with Crippen molar-refractivity contribution < 1.29 is 9.59 Å². The fourth-order valence-corrected chi connectivity index (χ4v) is 3.47. The van der Waals surface area contributed by atoms with Crippen LogP contribution in [0.15, 0.2) is 43.0 Å². The zero-order chi connectivity index (χ0) is 22.0. The number of rotatable bonds is 7. The molecule has 0 spiro atoms. The molecule has 0 aliphatic carbocycles. The maximum Gasteiger partial charge on any atom is 0.254 e. The van der Waals surface area contributed by atoms with Gasteiger partial charge in [0.1, 0.15) is 5.56 Å². The van der Waals surface area contributed by atoms with E-state index in [0.717, 1.165) is 22.5 Å². The minimum Gasteiger partial charge on any atom is -0.365 e. The Labute approximate surface area is 178 Å². The van der Waals surface area contributed by atoms with Crippen LogP contribution in [0.1, 0.15) is 39.3 Å². The Morgan fingerprint density at radius 1 is 1.19 bits per heavy atom. The third-order valence-electron chi connectivity index (χ3n) is 5.11. The molecule has 0 saturated heterocycles. The Balaban J connectivity index is 1.41. The summed E-state index contributed by atoms with van der Waals surface area (Å²) in [6.45, 7) is 4.14. The van der Waals surface area contributed by atoms with Crippen molar-refractivity contribution in [2.24, 2.45) is 5.73 Å². The molecule has 4 aromatic heterocycles. The molecule has 10 heteroatoms. The average molecular weight is 418 g/mol. The number of pyridine rings is 1. The summed E-state index contributed by atoms with van der Waals surface area (Å²) in [5.74, 6) is 0.0480. The summed E-state index contributed by atoms with van der Waals surface area (Å²) in [7, 11) is 0. The van der Waals surface area contributed by atoms with Crippen LogP contribution >= 0.6 is 0 Å². The Bertz CT molecular complexity index is 1260. The molecule has 0 fully saturated rings. The quantitative estimate of drug-likeness (QED) is 0.464. The predicted octanol–water partition coefficient (Wildman–Crippen LogP) is 1.27. The van der Waals surface area contributed by atoms with Gasteiger partial charge in [-0.15, -0.1) is 0 Å². The van der Waals surface area contributed by atoms with E-state index in [0.29, 0.717) is 30.9 Å². The van der Waals surface area contributed by atoms with Crippen molar-refractivity contribution >= 4 is 17.5 Å². The highest BCUT2D eigenvalue weighted by atomic mass is 16.1. The molecule has 4 heterocycles. The van der Waals surface area contributed by atoms with Crippen LogP contribution in [0, 0.1) is 13.8 Å². The normalized spacial score (nSPS) is 11.0. The highest BCUT2D eigenvalue weighted by molar-refractivity contribution is 5.98. The first-order valence-electron chi connectivity index (χ1n) is 9.79. The molecule has 0 saturated carbocycles. The molecule has 0 radical (unpaired) electrons. The second-order valence-corrected chi connectivity index (χ2v) is 7.17. The van der Waals surface area contributed by atoms with E-state index < -0.39 is 5.91 Å². The van der Waals surface area contributed by atoms with E-state index in [1.807, 2.05) is 38.2 Å². The molecule has 0 bridgehead atoms. The van der Waals surface area contributed by atoms with Gasteiger partial charge in [0.2, 0.25) is 5.91 Å².